The summed E-state index contributed by atoms with van der Waals surface area (Å²) < 4.78 is 37.9. The Kier molecular flexibility index (Phi) is 11.6. The Balaban J connectivity index is 1.65. The summed E-state index contributed by atoms with van der Waals surface area (Å²) in [5.41, 5.74) is 1.20. The van der Waals surface area contributed by atoms with E-state index in [-0.39, 0.29) is 16.4 Å². The van der Waals surface area contributed by atoms with Gasteiger partial charge in [0.25, 0.3) is 10.1 Å². The van der Waals surface area contributed by atoms with E-state index in [0.29, 0.717) is 5.75 Å². The van der Waals surface area contributed by atoms with Gasteiger partial charge in [-0.3, -0.25) is 4.55 Å². The maximum atomic E-state index is 11.5. The molecule has 5 nitrogen and oxygen atoms in total. The Bertz CT molecular complexity index is 891. The highest BCUT2D eigenvalue weighted by Gasteiger charge is 2.18. The van der Waals surface area contributed by atoms with Crippen molar-refractivity contribution in [3.63, 3.8) is 0 Å². The zero-order valence-electron chi connectivity index (χ0n) is 19.3. The van der Waals surface area contributed by atoms with E-state index in [0.717, 1.165) is 18.9 Å². The molecule has 0 heterocycles. The molecule has 0 atom stereocenters. The number of rotatable bonds is 16. The van der Waals surface area contributed by atoms with Crippen molar-refractivity contribution >= 4 is 10.1 Å². The van der Waals surface area contributed by atoms with Crippen molar-refractivity contribution in [1.29, 1.82) is 0 Å². The lowest BCUT2D eigenvalue weighted by Crippen LogP contribution is -2.01. The van der Waals surface area contributed by atoms with Gasteiger partial charge in [-0.15, -0.1) is 0 Å². The number of aryl methyl sites for hydroxylation is 1. The molecule has 0 bridgehead atoms. The minimum atomic E-state index is -4.44. The largest absolute Gasteiger partial charge is 0.508 e. The first-order chi connectivity index (χ1) is 15.4. The monoisotopic (exact) mass is 462 g/mol. The molecule has 0 fully saturated rings. The summed E-state index contributed by atoms with van der Waals surface area (Å²) in [6, 6.07) is 10.9. The highest BCUT2D eigenvalue weighted by atomic mass is 32.2. The molecule has 0 unspecified atom stereocenters. The third kappa shape index (κ3) is 10.0. The van der Waals surface area contributed by atoms with Gasteiger partial charge in [0, 0.05) is 6.07 Å². The summed E-state index contributed by atoms with van der Waals surface area (Å²) >= 11 is 0. The molecule has 178 valence electrons. The highest BCUT2D eigenvalue weighted by Crippen LogP contribution is 2.32. The fourth-order valence-corrected chi connectivity index (χ4v) is 4.41. The normalized spacial score (nSPS) is 11.6. The standard InChI is InChI=1S/C26H38O5S/c1-2-3-4-5-6-7-8-9-10-11-12-13-14-22-15-18-24(19-16-22)31-25-21-23(27)17-20-26(25)32(28,29)30/h15-21,27H,2-14H2,1H3,(H,28,29,30). The van der Waals surface area contributed by atoms with Gasteiger partial charge in [0.2, 0.25) is 0 Å². The summed E-state index contributed by atoms with van der Waals surface area (Å²) in [7, 11) is -4.44. The Labute approximate surface area is 193 Å². The summed E-state index contributed by atoms with van der Waals surface area (Å²) in [6.07, 6.45) is 17.0. The van der Waals surface area contributed by atoms with E-state index in [1.54, 1.807) is 12.1 Å². The minimum absolute atomic E-state index is 0.110. The molecule has 2 N–H and O–H groups in total. The van der Waals surface area contributed by atoms with E-state index in [1.807, 2.05) is 12.1 Å². The predicted molar refractivity (Wildman–Crippen MR) is 129 cm³/mol. The summed E-state index contributed by atoms with van der Waals surface area (Å²) in [5.74, 6) is 0.191. The van der Waals surface area contributed by atoms with Gasteiger partial charge in [-0.2, -0.15) is 8.42 Å². The zero-order chi connectivity index (χ0) is 23.2. The van der Waals surface area contributed by atoms with Crippen molar-refractivity contribution in [3.8, 4) is 17.2 Å². The van der Waals surface area contributed by atoms with E-state index in [1.165, 1.54) is 88.3 Å². The van der Waals surface area contributed by atoms with Crippen molar-refractivity contribution in [3.05, 3.63) is 48.0 Å². The first-order valence-electron chi connectivity index (χ1n) is 12.0. The third-order valence-electron chi connectivity index (χ3n) is 5.68. The van der Waals surface area contributed by atoms with Gasteiger partial charge in [0.1, 0.15) is 16.4 Å². The van der Waals surface area contributed by atoms with Gasteiger partial charge < -0.3 is 9.84 Å². The number of phenols is 1. The Morgan fingerprint density at radius 3 is 1.81 bits per heavy atom. The van der Waals surface area contributed by atoms with Crippen molar-refractivity contribution in [2.45, 2.75) is 95.3 Å². The van der Waals surface area contributed by atoms with Crippen LogP contribution in [0.4, 0.5) is 0 Å². The van der Waals surface area contributed by atoms with E-state index in [9.17, 15) is 18.1 Å². The van der Waals surface area contributed by atoms with Gasteiger partial charge in [-0.05, 0) is 42.7 Å². The van der Waals surface area contributed by atoms with Gasteiger partial charge in [-0.1, -0.05) is 89.7 Å². The summed E-state index contributed by atoms with van der Waals surface area (Å²) in [4.78, 5) is -0.379. The fourth-order valence-electron chi connectivity index (χ4n) is 3.81. The number of hydrogen-bond donors (Lipinski definition) is 2. The summed E-state index contributed by atoms with van der Waals surface area (Å²) in [5, 5.41) is 9.61. The number of unbranched alkanes of at least 4 members (excludes halogenated alkanes) is 11. The molecule has 0 radical (unpaired) electrons. The maximum absolute atomic E-state index is 11.5. The van der Waals surface area contributed by atoms with Crippen LogP contribution in [-0.2, 0) is 16.5 Å². The fraction of sp³-hybridized carbons (Fsp3) is 0.538. The quantitative estimate of drug-likeness (QED) is 0.197. The average Bonchev–Trinajstić information content (AvgIpc) is 2.75. The Hall–Kier alpha value is -2.05. The molecule has 32 heavy (non-hydrogen) atoms. The minimum Gasteiger partial charge on any atom is -0.508 e. The molecule has 0 saturated carbocycles. The van der Waals surface area contributed by atoms with Crippen LogP contribution in [0.1, 0.15) is 89.5 Å². The Morgan fingerprint density at radius 1 is 0.750 bits per heavy atom. The Morgan fingerprint density at radius 2 is 1.28 bits per heavy atom. The van der Waals surface area contributed by atoms with Gasteiger partial charge in [0.05, 0.1) is 0 Å². The van der Waals surface area contributed by atoms with Crippen molar-refractivity contribution in [2.75, 3.05) is 0 Å². The van der Waals surface area contributed by atoms with E-state index >= 15 is 0 Å². The lowest BCUT2D eigenvalue weighted by Gasteiger charge is -2.10. The number of ether oxygens (including phenoxy) is 1. The highest BCUT2D eigenvalue weighted by molar-refractivity contribution is 7.86. The van der Waals surface area contributed by atoms with Crippen LogP contribution in [-0.4, -0.2) is 18.1 Å². The van der Waals surface area contributed by atoms with Crippen LogP contribution in [0.5, 0.6) is 17.2 Å². The molecule has 0 aliphatic rings. The lowest BCUT2D eigenvalue weighted by molar-refractivity contribution is 0.437. The smallest absolute Gasteiger partial charge is 0.298 e. The van der Waals surface area contributed by atoms with Crippen molar-refractivity contribution < 1.29 is 22.8 Å². The molecular formula is C26H38O5S. The molecule has 2 aromatic rings. The van der Waals surface area contributed by atoms with Gasteiger partial charge >= 0.3 is 0 Å². The van der Waals surface area contributed by atoms with E-state index < -0.39 is 10.1 Å². The van der Waals surface area contributed by atoms with Crippen LogP contribution in [0.25, 0.3) is 0 Å². The molecular weight excluding hydrogens is 424 g/mol. The first-order valence-corrected chi connectivity index (χ1v) is 13.4. The molecule has 0 aliphatic heterocycles. The van der Waals surface area contributed by atoms with Crippen LogP contribution >= 0.6 is 0 Å². The summed E-state index contributed by atoms with van der Waals surface area (Å²) in [6.45, 7) is 2.26. The van der Waals surface area contributed by atoms with Crippen LogP contribution < -0.4 is 4.74 Å². The van der Waals surface area contributed by atoms with Crippen molar-refractivity contribution in [1.82, 2.24) is 0 Å². The molecule has 0 aliphatic carbocycles. The molecule has 6 heteroatoms. The number of aromatic hydroxyl groups is 1. The van der Waals surface area contributed by atoms with Crippen LogP contribution in [0.3, 0.4) is 0 Å². The van der Waals surface area contributed by atoms with Crippen LogP contribution in [0.2, 0.25) is 0 Å². The topological polar surface area (TPSA) is 83.8 Å². The second kappa shape index (κ2) is 14.2. The van der Waals surface area contributed by atoms with Crippen LogP contribution in [0, 0.1) is 0 Å². The average molecular weight is 463 g/mol. The number of hydrogen-bond acceptors (Lipinski definition) is 4. The van der Waals surface area contributed by atoms with Crippen LogP contribution in [0.15, 0.2) is 47.4 Å². The van der Waals surface area contributed by atoms with E-state index in [2.05, 4.69) is 6.92 Å². The number of phenolic OH excluding ortho intramolecular Hbond substituents is 1. The molecule has 2 aromatic carbocycles. The van der Waals surface area contributed by atoms with Crippen molar-refractivity contribution in [2.24, 2.45) is 0 Å². The van der Waals surface area contributed by atoms with E-state index in [4.69, 9.17) is 4.74 Å². The zero-order valence-corrected chi connectivity index (χ0v) is 20.1. The predicted octanol–water partition coefficient (Wildman–Crippen LogP) is 7.67. The SMILES string of the molecule is CCCCCCCCCCCCCCc1ccc(Oc2cc(O)ccc2S(=O)(=O)O)cc1. The van der Waals surface area contributed by atoms with Gasteiger partial charge in [-0.25, -0.2) is 0 Å². The molecule has 2 rings (SSSR count). The molecule has 0 amide bonds. The lowest BCUT2D eigenvalue weighted by atomic mass is 10.0. The molecule has 0 spiro atoms. The third-order valence-corrected chi connectivity index (χ3v) is 6.57. The number of benzene rings is 2. The second-order valence-corrected chi connectivity index (χ2v) is 9.88. The second-order valence-electron chi connectivity index (χ2n) is 8.49. The van der Waals surface area contributed by atoms with Gasteiger partial charge in [0.15, 0.2) is 5.75 Å². The maximum Gasteiger partial charge on any atom is 0.298 e. The first kappa shape index (κ1) is 26.2. The molecule has 0 saturated heterocycles. The molecule has 0 aromatic heterocycles.